The van der Waals surface area contributed by atoms with Crippen molar-refractivity contribution >= 4 is 5.91 Å². The number of ether oxygens (including phenoxy) is 2. The Morgan fingerprint density at radius 3 is 3.05 bits per heavy atom. The highest BCUT2D eigenvalue weighted by Crippen LogP contribution is 2.17. The second-order valence-corrected chi connectivity index (χ2v) is 4.69. The molecule has 1 aliphatic heterocycles. The number of nitrogens with one attached hydrogen (secondary N) is 2. The molecule has 1 aliphatic rings. The number of benzene rings is 1. The minimum atomic E-state index is -0.438. The van der Waals surface area contributed by atoms with Crippen LogP contribution in [-0.2, 0) is 16.1 Å². The molecule has 0 aliphatic carbocycles. The molecule has 1 saturated heterocycles. The van der Waals surface area contributed by atoms with E-state index in [2.05, 4.69) is 10.6 Å². The van der Waals surface area contributed by atoms with Crippen LogP contribution < -0.4 is 15.4 Å². The van der Waals surface area contributed by atoms with E-state index < -0.39 is 5.82 Å². The number of halogens is 1. The highest BCUT2D eigenvalue weighted by molar-refractivity contribution is 5.82. The number of hydrogen-bond donors (Lipinski definition) is 2. The summed E-state index contributed by atoms with van der Waals surface area (Å²) in [6, 6.07) is 4.25. The van der Waals surface area contributed by atoms with E-state index in [1.165, 1.54) is 13.2 Å². The number of morpholine rings is 1. The summed E-state index contributed by atoms with van der Waals surface area (Å²) in [4.78, 5) is 12.0. The zero-order valence-corrected chi connectivity index (χ0v) is 11.6. The summed E-state index contributed by atoms with van der Waals surface area (Å²) in [5.41, 5.74) is 0.682. The molecule has 0 spiro atoms. The maximum absolute atomic E-state index is 13.5. The lowest BCUT2D eigenvalue weighted by Gasteiger charge is -2.29. The van der Waals surface area contributed by atoms with E-state index in [9.17, 15) is 9.18 Å². The second kappa shape index (κ2) is 6.67. The molecule has 6 heteroatoms. The Hall–Kier alpha value is -1.66. The zero-order chi connectivity index (χ0) is 14.5. The Kier molecular flexibility index (Phi) is 4.92. The fourth-order valence-electron chi connectivity index (χ4n) is 2.15. The first-order chi connectivity index (χ1) is 9.61. The van der Waals surface area contributed by atoms with Crippen LogP contribution in [0.3, 0.4) is 0 Å². The smallest absolute Gasteiger partial charge is 0.240 e. The lowest BCUT2D eigenvalue weighted by atomic mass is 10.1. The topological polar surface area (TPSA) is 59.6 Å². The molecule has 2 rings (SSSR count). The van der Waals surface area contributed by atoms with Crippen LogP contribution in [0.1, 0.15) is 12.5 Å². The van der Waals surface area contributed by atoms with Crippen LogP contribution in [0.25, 0.3) is 0 Å². The summed E-state index contributed by atoms with van der Waals surface area (Å²) < 4.78 is 23.8. The molecule has 1 aromatic rings. The van der Waals surface area contributed by atoms with Gasteiger partial charge in [0.25, 0.3) is 0 Å². The summed E-state index contributed by atoms with van der Waals surface area (Å²) in [6.07, 6.45) is -0.170. The number of amides is 1. The van der Waals surface area contributed by atoms with Crippen molar-refractivity contribution < 1.29 is 18.7 Å². The second-order valence-electron chi connectivity index (χ2n) is 4.69. The first-order valence-corrected chi connectivity index (χ1v) is 6.57. The molecular weight excluding hydrogens is 263 g/mol. The van der Waals surface area contributed by atoms with Gasteiger partial charge in [-0.1, -0.05) is 6.07 Å². The van der Waals surface area contributed by atoms with Crippen molar-refractivity contribution in [3.05, 3.63) is 29.6 Å². The van der Waals surface area contributed by atoms with Crippen LogP contribution >= 0.6 is 0 Å². The molecule has 110 valence electrons. The molecule has 1 amide bonds. The maximum Gasteiger partial charge on any atom is 0.240 e. The minimum Gasteiger partial charge on any atom is -0.494 e. The van der Waals surface area contributed by atoms with E-state index in [-0.39, 0.29) is 30.3 Å². The number of carbonyl (C=O) groups is 1. The average Bonchev–Trinajstić information content (AvgIpc) is 2.45. The largest absolute Gasteiger partial charge is 0.494 e. The Balaban J connectivity index is 1.91. The summed E-state index contributed by atoms with van der Waals surface area (Å²) in [7, 11) is 1.41. The van der Waals surface area contributed by atoms with Gasteiger partial charge in [0.05, 0.1) is 19.8 Å². The Labute approximate surface area is 117 Å². The molecule has 1 heterocycles. The first kappa shape index (κ1) is 14.7. The van der Waals surface area contributed by atoms with Gasteiger partial charge in [-0.05, 0) is 24.6 Å². The Morgan fingerprint density at radius 1 is 1.60 bits per heavy atom. The van der Waals surface area contributed by atoms with E-state index >= 15 is 0 Å². The molecule has 1 fully saturated rings. The number of hydrogen-bond acceptors (Lipinski definition) is 4. The van der Waals surface area contributed by atoms with Crippen LogP contribution in [0.2, 0.25) is 0 Å². The van der Waals surface area contributed by atoms with Crippen LogP contribution in [0, 0.1) is 5.82 Å². The molecule has 0 aromatic heterocycles. The van der Waals surface area contributed by atoms with Crippen LogP contribution in [0.4, 0.5) is 4.39 Å². The van der Waals surface area contributed by atoms with Crippen molar-refractivity contribution in [3.63, 3.8) is 0 Å². The fourth-order valence-corrected chi connectivity index (χ4v) is 2.15. The third kappa shape index (κ3) is 3.46. The molecule has 2 N–H and O–H groups in total. The van der Waals surface area contributed by atoms with Gasteiger partial charge in [0.1, 0.15) is 6.04 Å². The van der Waals surface area contributed by atoms with Gasteiger partial charge in [-0.3, -0.25) is 4.79 Å². The van der Waals surface area contributed by atoms with E-state index in [0.717, 1.165) is 0 Å². The number of rotatable bonds is 4. The van der Waals surface area contributed by atoms with Gasteiger partial charge in [-0.25, -0.2) is 4.39 Å². The molecule has 2 atom stereocenters. The van der Waals surface area contributed by atoms with E-state index in [4.69, 9.17) is 9.47 Å². The zero-order valence-electron chi connectivity index (χ0n) is 11.6. The molecule has 0 radical (unpaired) electrons. The predicted molar refractivity (Wildman–Crippen MR) is 72.0 cm³/mol. The lowest BCUT2D eigenvalue weighted by molar-refractivity contribution is -0.129. The lowest BCUT2D eigenvalue weighted by Crippen LogP contribution is -2.55. The molecule has 20 heavy (non-hydrogen) atoms. The van der Waals surface area contributed by atoms with Gasteiger partial charge < -0.3 is 20.1 Å². The van der Waals surface area contributed by atoms with Crippen molar-refractivity contribution in [1.29, 1.82) is 0 Å². The maximum atomic E-state index is 13.5. The van der Waals surface area contributed by atoms with Crippen molar-refractivity contribution in [1.82, 2.24) is 10.6 Å². The third-order valence-corrected chi connectivity index (χ3v) is 3.28. The normalized spacial score (nSPS) is 22.4. The highest BCUT2D eigenvalue weighted by atomic mass is 19.1. The summed E-state index contributed by atoms with van der Waals surface area (Å²) >= 11 is 0. The van der Waals surface area contributed by atoms with Gasteiger partial charge >= 0.3 is 0 Å². The van der Waals surface area contributed by atoms with Gasteiger partial charge in [-0.2, -0.15) is 0 Å². The van der Waals surface area contributed by atoms with Gasteiger partial charge in [0.15, 0.2) is 11.6 Å². The monoisotopic (exact) mass is 282 g/mol. The van der Waals surface area contributed by atoms with Crippen LogP contribution in [0.15, 0.2) is 18.2 Å². The number of methoxy groups -OCH3 is 1. The fraction of sp³-hybridized carbons (Fsp3) is 0.500. The van der Waals surface area contributed by atoms with Crippen molar-refractivity contribution in [2.75, 3.05) is 20.3 Å². The molecule has 0 saturated carbocycles. The third-order valence-electron chi connectivity index (χ3n) is 3.28. The molecule has 1 aromatic carbocycles. The number of carbonyl (C=O) groups excluding carboxylic acids is 1. The quantitative estimate of drug-likeness (QED) is 0.858. The van der Waals surface area contributed by atoms with Crippen LogP contribution in [-0.4, -0.2) is 38.3 Å². The van der Waals surface area contributed by atoms with E-state index in [0.29, 0.717) is 18.7 Å². The molecular formula is C14H19FN2O3. The van der Waals surface area contributed by atoms with Crippen molar-refractivity contribution in [2.45, 2.75) is 25.6 Å². The summed E-state index contributed by atoms with van der Waals surface area (Å²) in [6.45, 7) is 3.38. The standard InChI is InChI=1S/C14H19FN2O3/c1-9-13(16-5-6-20-9)14(18)17-8-10-3-4-12(19-2)11(15)7-10/h3-4,7,9,13,16H,5-6,8H2,1-2H3,(H,17,18)/t9-,13+/m1/s1. The first-order valence-electron chi connectivity index (χ1n) is 6.57. The molecule has 5 nitrogen and oxygen atoms in total. The van der Waals surface area contributed by atoms with Crippen molar-refractivity contribution in [2.24, 2.45) is 0 Å². The Bertz CT molecular complexity index is 481. The van der Waals surface area contributed by atoms with E-state index in [1.807, 2.05) is 6.92 Å². The summed E-state index contributed by atoms with van der Waals surface area (Å²) in [5.74, 6) is -0.392. The Morgan fingerprint density at radius 2 is 2.40 bits per heavy atom. The van der Waals surface area contributed by atoms with Gasteiger partial charge in [-0.15, -0.1) is 0 Å². The highest BCUT2D eigenvalue weighted by Gasteiger charge is 2.27. The van der Waals surface area contributed by atoms with Crippen molar-refractivity contribution in [3.8, 4) is 5.75 Å². The van der Waals surface area contributed by atoms with Gasteiger partial charge in [0.2, 0.25) is 5.91 Å². The SMILES string of the molecule is COc1ccc(CNC(=O)[C@H]2NCCO[C@@H]2C)cc1F. The van der Waals surface area contributed by atoms with Crippen LogP contribution in [0.5, 0.6) is 5.75 Å². The van der Waals surface area contributed by atoms with E-state index in [1.54, 1.807) is 12.1 Å². The average molecular weight is 282 g/mol. The minimum absolute atomic E-state index is 0.145. The summed E-state index contributed by atoms with van der Waals surface area (Å²) in [5, 5.41) is 5.88. The molecule has 0 bridgehead atoms. The predicted octanol–water partition coefficient (Wildman–Crippen LogP) is 0.827. The van der Waals surface area contributed by atoms with Gasteiger partial charge in [0, 0.05) is 13.1 Å². The molecule has 0 unspecified atom stereocenters.